The normalized spacial score (nSPS) is 30.5. The maximum atomic E-state index is 12.8. The summed E-state index contributed by atoms with van der Waals surface area (Å²) < 4.78 is 49.7. The smallest absolute Gasteiger partial charge is 0.488 e. The number of H-pyrrole nitrogens is 1. The maximum Gasteiger partial charge on any atom is 0.490 e. The third kappa shape index (κ3) is 3.64. The van der Waals surface area contributed by atoms with Gasteiger partial charge in [-0.15, -0.1) is 0 Å². The number of halogens is 3. The van der Waals surface area contributed by atoms with Crippen molar-refractivity contribution in [1.29, 1.82) is 0 Å². The van der Waals surface area contributed by atoms with Gasteiger partial charge in [0.15, 0.2) is 6.23 Å². The number of pyridine rings is 1. The van der Waals surface area contributed by atoms with E-state index >= 15 is 0 Å². The Morgan fingerprint density at radius 2 is 2.00 bits per heavy atom. The minimum absolute atomic E-state index is 0.194. The Balaban J connectivity index is 1.20. The van der Waals surface area contributed by atoms with Gasteiger partial charge in [0.1, 0.15) is 11.9 Å². The van der Waals surface area contributed by atoms with Gasteiger partial charge in [-0.3, -0.25) is 9.88 Å². The summed E-state index contributed by atoms with van der Waals surface area (Å²) in [4.78, 5) is 21.1. The molecule has 172 valence electrons. The SMILES string of the molecule is O=C(OC1[C@@H]2CC3C[C@H](CN1C3)C2Oc1ccc(-c2ccc3[nH]ccc3c2)nc1)C(F)(F)F. The van der Waals surface area contributed by atoms with Gasteiger partial charge in [-0.05, 0) is 49.1 Å². The van der Waals surface area contributed by atoms with Crippen molar-refractivity contribution in [2.24, 2.45) is 17.8 Å². The van der Waals surface area contributed by atoms with Gasteiger partial charge in [0.25, 0.3) is 0 Å². The first-order valence-electron chi connectivity index (χ1n) is 11.1. The quantitative estimate of drug-likeness (QED) is 0.589. The number of rotatable bonds is 4. The zero-order chi connectivity index (χ0) is 22.7. The molecule has 0 radical (unpaired) electrons. The number of benzene rings is 1. The van der Waals surface area contributed by atoms with Crippen LogP contribution in [0.4, 0.5) is 13.2 Å². The van der Waals surface area contributed by atoms with Crippen molar-refractivity contribution in [1.82, 2.24) is 14.9 Å². The van der Waals surface area contributed by atoms with Crippen molar-refractivity contribution >= 4 is 16.9 Å². The first kappa shape index (κ1) is 20.5. The van der Waals surface area contributed by atoms with Gasteiger partial charge in [0, 0.05) is 47.6 Å². The molecule has 2 aromatic heterocycles. The van der Waals surface area contributed by atoms with Crippen LogP contribution in [0.15, 0.2) is 48.8 Å². The van der Waals surface area contributed by atoms with Crippen LogP contribution in [0.3, 0.4) is 0 Å². The lowest BCUT2D eigenvalue weighted by molar-refractivity contribution is -0.247. The van der Waals surface area contributed by atoms with E-state index in [1.54, 1.807) is 6.20 Å². The van der Waals surface area contributed by atoms with E-state index in [9.17, 15) is 18.0 Å². The molecular weight excluding hydrogens is 435 g/mol. The highest BCUT2D eigenvalue weighted by atomic mass is 19.4. The van der Waals surface area contributed by atoms with E-state index in [0.29, 0.717) is 31.2 Å². The van der Waals surface area contributed by atoms with E-state index in [1.165, 1.54) is 0 Å². The van der Waals surface area contributed by atoms with Gasteiger partial charge in [-0.1, -0.05) is 6.07 Å². The second-order valence-corrected chi connectivity index (χ2v) is 9.25. The number of carbonyl (C=O) groups is 1. The number of esters is 1. The molecule has 6 nitrogen and oxygen atoms in total. The summed E-state index contributed by atoms with van der Waals surface area (Å²) >= 11 is 0. The number of alkyl halides is 3. The van der Waals surface area contributed by atoms with E-state index in [1.807, 2.05) is 41.4 Å². The van der Waals surface area contributed by atoms with Crippen LogP contribution in [0, 0.1) is 17.8 Å². The van der Waals surface area contributed by atoms with Crippen molar-refractivity contribution in [3.8, 4) is 17.0 Å². The summed E-state index contributed by atoms with van der Waals surface area (Å²) in [6.45, 7) is 1.23. The van der Waals surface area contributed by atoms with Crippen LogP contribution in [-0.4, -0.2) is 52.4 Å². The van der Waals surface area contributed by atoms with Gasteiger partial charge in [0.2, 0.25) is 0 Å². The minimum atomic E-state index is -5.00. The topological polar surface area (TPSA) is 67.4 Å². The molecule has 3 aliphatic heterocycles. The number of carbonyl (C=O) groups excluding carboxylic acids is 1. The molecular formula is C24H22F3N3O3. The standard InChI is InChI=1S/C24H22F3N3O3/c25-24(26,27)23(31)33-22-18-8-13-7-16(12-30(22)11-13)21(18)32-17-2-4-20(29-10-17)14-1-3-19-15(9-14)5-6-28-19/h1-6,9-10,13,16,18,21-22,28H,7-8,11-12H2/t13?,16-,18-,21?,22?/m1/s1. The van der Waals surface area contributed by atoms with Crippen LogP contribution >= 0.6 is 0 Å². The Kier molecular flexibility index (Phi) is 4.65. The average molecular weight is 457 g/mol. The number of ether oxygens (including phenoxy) is 2. The van der Waals surface area contributed by atoms with Crippen molar-refractivity contribution in [2.45, 2.75) is 31.3 Å². The monoisotopic (exact) mass is 457 g/mol. The van der Waals surface area contributed by atoms with E-state index in [-0.39, 0.29) is 17.9 Å². The molecule has 1 aromatic carbocycles. The lowest BCUT2D eigenvalue weighted by atomic mass is 9.65. The van der Waals surface area contributed by atoms with Crippen molar-refractivity contribution < 1.29 is 27.4 Å². The molecule has 6 atom stereocenters. The average Bonchev–Trinajstić information content (AvgIpc) is 3.26. The van der Waals surface area contributed by atoms with Crippen LogP contribution < -0.4 is 4.74 Å². The number of fused-ring (bicyclic) bond motifs is 1. The first-order valence-corrected chi connectivity index (χ1v) is 11.1. The molecule has 4 bridgehead atoms. The molecule has 4 fully saturated rings. The molecule has 3 saturated heterocycles. The Labute approximate surface area is 187 Å². The molecule has 1 N–H and O–H groups in total. The molecule has 0 spiro atoms. The number of hydrogen-bond acceptors (Lipinski definition) is 5. The Morgan fingerprint density at radius 1 is 1.12 bits per heavy atom. The predicted molar refractivity (Wildman–Crippen MR) is 113 cm³/mol. The minimum Gasteiger partial charge on any atom is -0.488 e. The zero-order valence-electron chi connectivity index (χ0n) is 17.6. The highest BCUT2D eigenvalue weighted by molar-refractivity contribution is 5.84. The largest absolute Gasteiger partial charge is 0.490 e. The van der Waals surface area contributed by atoms with E-state index < -0.39 is 18.4 Å². The van der Waals surface area contributed by atoms with Crippen LogP contribution in [0.25, 0.3) is 22.2 Å². The maximum absolute atomic E-state index is 12.8. The molecule has 9 heteroatoms. The number of piperidine rings is 3. The van der Waals surface area contributed by atoms with Crippen molar-refractivity contribution in [2.75, 3.05) is 13.1 Å². The van der Waals surface area contributed by atoms with E-state index in [0.717, 1.165) is 28.6 Å². The van der Waals surface area contributed by atoms with Crippen LogP contribution in [0.5, 0.6) is 5.75 Å². The fourth-order valence-corrected chi connectivity index (χ4v) is 5.83. The molecule has 4 unspecified atom stereocenters. The zero-order valence-corrected chi connectivity index (χ0v) is 17.6. The second-order valence-electron chi connectivity index (χ2n) is 9.25. The molecule has 1 aliphatic carbocycles. The lowest BCUT2D eigenvalue weighted by Crippen LogP contribution is -2.67. The molecule has 3 aromatic rings. The summed E-state index contributed by atoms with van der Waals surface area (Å²) in [6, 6.07) is 11.8. The molecule has 5 heterocycles. The Hall–Kier alpha value is -3.07. The Morgan fingerprint density at radius 3 is 2.79 bits per heavy atom. The summed E-state index contributed by atoms with van der Waals surface area (Å²) in [5, 5.41) is 1.10. The molecule has 33 heavy (non-hydrogen) atoms. The molecule has 1 saturated carbocycles. The van der Waals surface area contributed by atoms with Gasteiger partial charge in [-0.2, -0.15) is 13.2 Å². The van der Waals surface area contributed by atoms with Crippen LogP contribution in [-0.2, 0) is 9.53 Å². The van der Waals surface area contributed by atoms with Gasteiger partial charge >= 0.3 is 12.1 Å². The highest BCUT2D eigenvalue weighted by Gasteiger charge is 2.57. The number of nitrogens with zero attached hydrogens (tertiary/aromatic N) is 2. The van der Waals surface area contributed by atoms with E-state index in [4.69, 9.17) is 9.47 Å². The molecule has 0 amide bonds. The highest BCUT2D eigenvalue weighted by Crippen LogP contribution is 2.48. The molecule has 7 rings (SSSR count). The summed E-state index contributed by atoms with van der Waals surface area (Å²) in [5.41, 5.74) is 2.84. The van der Waals surface area contributed by atoms with Crippen LogP contribution in [0.1, 0.15) is 12.8 Å². The number of aromatic amines is 1. The fraction of sp³-hybridized carbons (Fsp3) is 0.417. The summed E-state index contributed by atoms with van der Waals surface area (Å²) in [5.74, 6) is -1.27. The molecule has 4 aliphatic rings. The number of aromatic nitrogens is 2. The second kappa shape index (κ2) is 7.48. The van der Waals surface area contributed by atoms with Crippen molar-refractivity contribution in [3.05, 3.63) is 48.8 Å². The lowest BCUT2D eigenvalue weighted by Gasteiger charge is -2.58. The summed E-state index contributed by atoms with van der Waals surface area (Å²) in [7, 11) is 0. The van der Waals surface area contributed by atoms with E-state index in [2.05, 4.69) is 16.0 Å². The van der Waals surface area contributed by atoms with Crippen molar-refractivity contribution in [3.63, 3.8) is 0 Å². The third-order valence-corrected chi connectivity index (χ3v) is 7.13. The van der Waals surface area contributed by atoms with Gasteiger partial charge in [-0.25, -0.2) is 4.79 Å². The Bertz CT molecular complexity index is 1190. The first-order chi connectivity index (χ1) is 15.8. The predicted octanol–water partition coefficient (Wildman–Crippen LogP) is 4.38. The summed E-state index contributed by atoms with van der Waals surface area (Å²) in [6.07, 6.45) is -1.02. The number of hydrogen-bond donors (Lipinski definition) is 1. The number of nitrogens with one attached hydrogen (secondary N) is 1. The van der Waals surface area contributed by atoms with Gasteiger partial charge < -0.3 is 14.5 Å². The van der Waals surface area contributed by atoms with Crippen LogP contribution in [0.2, 0.25) is 0 Å². The fourth-order valence-electron chi connectivity index (χ4n) is 5.83. The third-order valence-electron chi connectivity index (χ3n) is 7.13. The van der Waals surface area contributed by atoms with Gasteiger partial charge in [0.05, 0.1) is 11.9 Å².